The van der Waals surface area contributed by atoms with E-state index in [2.05, 4.69) is 83.3 Å². The first-order valence-electron chi connectivity index (χ1n) is 13.9. The number of carbonyl (C=O) groups excluding carboxylic acids is 1. The molecule has 0 radical (unpaired) electrons. The number of para-hydroxylation sites is 1. The van der Waals surface area contributed by atoms with E-state index in [0.29, 0.717) is 5.11 Å². The fraction of sp³-hybridized carbons (Fsp3) is 0.303. The van der Waals surface area contributed by atoms with Crippen molar-refractivity contribution < 1.29 is 4.79 Å². The molecule has 2 aromatic carbocycles. The lowest BCUT2D eigenvalue weighted by molar-refractivity contribution is -0.118. The fourth-order valence-electron chi connectivity index (χ4n) is 5.65. The standard InChI is InChI=1S/C33H37N5OS/c1-7-24-12-8-9-14-29(24)37-22(5)19-26(23(37)6)31-30(28-13-10-11-17-34-28)36-33(40)38(31)25-15-16-27(21(4)18-25)35-32(39)20(2)3/h8-20,30-31H,7H2,1-6H3,(H,35,39)(H,36,40)/t30-,31-/m1/s1. The minimum absolute atomic E-state index is 0.00195. The van der Waals surface area contributed by atoms with E-state index >= 15 is 0 Å². The van der Waals surface area contributed by atoms with Crippen LogP contribution in [0.3, 0.4) is 0 Å². The van der Waals surface area contributed by atoms with Gasteiger partial charge in [-0.05, 0) is 98.6 Å². The second-order valence-corrected chi connectivity index (χ2v) is 11.2. The third-order valence-electron chi connectivity index (χ3n) is 7.77. The Morgan fingerprint density at radius 2 is 1.80 bits per heavy atom. The zero-order valence-corrected chi connectivity index (χ0v) is 24.8. The van der Waals surface area contributed by atoms with Gasteiger partial charge in [0.15, 0.2) is 5.11 Å². The van der Waals surface area contributed by atoms with Gasteiger partial charge in [0.05, 0.1) is 17.8 Å². The van der Waals surface area contributed by atoms with Crippen LogP contribution in [0, 0.1) is 26.7 Å². The van der Waals surface area contributed by atoms with Crippen molar-refractivity contribution in [3.63, 3.8) is 0 Å². The molecule has 0 aliphatic carbocycles. The van der Waals surface area contributed by atoms with Crippen molar-refractivity contribution in [1.82, 2.24) is 14.9 Å². The van der Waals surface area contributed by atoms with Crippen molar-refractivity contribution >= 4 is 34.6 Å². The molecule has 1 aliphatic heterocycles. The van der Waals surface area contributed by atoms with Crippen LogP contribution in [-0.2, 0) is 11.2 Å². The van der Waals surface area contributed by atoms with Gasteiger partial charge < -0.3 is 20.1 Å². The average molecular weight is 552 g/mol. The Balaban J connectivity index is 1.63. The van der Waals surface area contributed by atoms with Crippen LogP contribution in [0.4, 0.5) is 11.4 Å². The highest BCUT2D eigenvalue weighted by atomic mass is 32.1. The van der Waals surface area contributed by atoms with E-state index in [-0.39, 0.29) is 23.9 Å². The molecule has 2 aromatic heterocycles. The van der Waals surface area contributed by atoms with E-state index in [1.807, 2.05) is 51.2 Å². The Morgan fingerprint density at radius 3 is 2.48 bits per heavy atom. The van der Waals surface area contributed by atoms with Gasteiger partial charge in [-0.25, -0.2) is 0 Å². The highest BCUT2D eigenvalue weighted by Gasteiger charge is 2.42. The number of nitrogens with one attached hydrogen (secondary N) is 2. The smallest absolute Gasteiger partial charge is 0.226 e. The molecule has 0 saturated carbocycles. The number of benzene rings is 2. The van der Waals surface area contributed by atoms with Crippen molar-refractivity contribution in [3.8, 4) is 5.69 Å². The highest BCUT2D eigenvalue weighted by Crippen LogP contribution is 2.44. The van der Waals surface area contributed by atoms with Gasteiger partial charge in [0.25, 0.3) is 0 Å². The summed E-state index contributed by atoms with van der Waals surface area (Å²) in [6, 6.07) is 22.8. The third kappa shape index (κ3) is 5.02. The Morgan fingerprint density at radius 1 is 1.05 bits per heavy atom. The SMILES string of the molecule is CCc1ccccc1-n1c(C)cc([C@@H]2[C@@H](c3ccccn3)NC(=S)N2c2ccc(NC(=O)C(C)C)c(C)c2)c1C. The largest absolute Gasteiger partial charge is 0.351 e. The maximum Gasteiger partial charge on any atom is 0.226 e. The number of hydrogen-bond acceptors (Lipinski definition) is 3. The van der Waals surface area contributed by atoms with Crippen LogP contribution >= 0.6 is 12.2 Å². The van der Waals surface area contributed by atoms with Crippen LogP contribution in [0.5, 0.6) is 0 Å². The summed E-state index contributed by atoms with van der Waals surface area (Å²) < 4.78 is 2.36. The summed E-state index contributed by atoms with van der Waals surface area (Å²) in [4.78, 5) is 19.3. The molecule has 2 N–H and O–H groups in total. The summed E-state index contributed by atoms with van der Waals surface area (Å²) in [5, 5.41) is 7.28. The molecule has 6 nitrogen and oxygen atoms in total. The molecule has 2 atom stereocenters. The van der Waals surface area contributed by atoms with Crippen LogP contribution < -0.4 is 15.5 Å². The summed E-state index contributed by atoms with van der Waals surface area (Å²) in [7, 11) is 0. The van der Waals surface area contributed by atoms with Crippen LogP contribution in [0.15, 0.2) is 72.9 Å². The molecule has 3 heterocycles. The van der Waals surface area contributed by atoms with Gasteiger partial charge in [-0.3, -0.25) is 9.78 Å². The van der Waals surface area contributed by atoms with E-state index in [1.54, 1.807) is 0 Å². The highest BCUT2D eigenvalue weighted by molar-refractivity contribution is 7.80. The van der Waals surface area contributed by atoms with Gasteiger partial charge in [0, 0.05) is 40.6 Å². The van der Waals surface area contributed by atoms with Gasteiger partial charge in [-0.15, -0.1) is 0 Å². The zero-order chi connectivity index (χ0) is 28.6. The van der Waals surface area contributed by atoms with Crippen LogP contribution in [0.2, 0.25) is 0 Å². The number of carbonyl (C=O) groups is 1. The van der Waals surface area contributed by atoms with Crippen LogP contribution in [0.1, 0.15) is 66.6 Å². The van der Waals surface area contributed by atoms with E-state index in [9.17, 15) is 4.79 Å². The second kappa shape index (κ2) is 11.3. The lowest BCUT2D eigenvalue weighted by Gasteiger charge is -2.29. The van der Waals surface area contributed by atoms with Crippen molar-refractivity contribution in [2.24, 2.45) is 5.92 Å². The van der Waals surface area contributed by atoms with Crippen molar-refractivity contribution in [2.75, 3.05) is 10.2 Å². The topological polar surface area (TPSA) is 62.2 Å². The number of rotatable bonds is 7. The van der Waals surface area contributed by atoms with Gasteiger partial charge in [0.2, 0.25) is 5.91 Å². The number of hydrogen-bond donors (Lipinski definition) is 2. The van der Waals surface area contributed by atoms with Gasteiger partial charge in [-0.1, -0.05) is 45.0 Å². The summed E-state index contributed by atoms with van der Waals surface area (Å²) >= 11 is 5.98. The van der Waals surface area contributed by atoms with Crippen LogP contribution in [0.25, 0.3) is 5.69 Å². The Labute approximate surface area is 242 Å². The first kappa shape index (κ1) is 27.6. The molecule has 1 amide bonds. The summed E-state index contributed by atoms with van der Waals surface area (Å²) in [5.74, 6) is -0.0897. The normalized spacial score (nSPS) is 16.9. The minimum Gasteiger partial charge on any atom is -0.351 e. The van der Waals surface area contributed by atoms with Gasteiger partial charge in [-0.2, -0.15) is 0 Å². The van der Waals surface area contributed by atoms with Crippen molar-refractivity contribution in [1.29, 1.82) is 0 Å². The molecular formula is C33H37N5OS. The molecular weight excluding hydrogens is 514 g/mol. The number of nitrogens with zero attached hydrogens (tertiary/aromatic N) is 3. The summed E-state index contributed by atoms with van der Waals surface area (Å²) in [5.41, 5.74) is 9.77. The fourth-order valence-corrected chi connectivity index (χ4v) is 6.00. The zero-order valence-electron chi connectivity index (χ0n) is 24.0. The van der Waals surface area contributed by atoms with E-state index in [4.69, 9.17) is 17.2 Å². The molecule has 7 heteroatoms. The van der Waals surface area contributed by atoms with E-state index in [1.165, 1.54) is 28.2 Å². The molecule has 1 aliphatic rings. The molecule has 206 valence electrons. The molecule has 1 fully saturated rings. The molecule has 0 bridgehead atoms. The van der Waals surface area contributed by atoms with Crippen molar-refractivity contribution in [2.45, 2.75) is 60.0 Å². The quantitative estimate of drug-likeness (QED) is 0.239. The van der Waals surface area contributed by atoms with Crippen LogP contribution in [-0.4, -0.2) is 20.6 Å². The Kier molecular flexibility index (Phi) is 7.76. The molecule has 40 heavy (non-hydrogen) atoms. The molecule has 5 rings (SSSR count). The predicted molar refractivity (Wildman–Crippen MR) is 167 cm³/mol. The molecule has 1 saturated heterocycles. The monoisotopic (exact) mass is 551 g/mol. The van der Waals surface area contributed by atoms with E-state index in [0.717, 1.165) is 29.1 Å². The van der Waals surface area contributed by atoms with Gasteiger partial charge >= 0.3 is 0 Å². The number of amides is 1. The Bertz CT molecular complexity index is 1560. The maximum absolute atomic E-state index is 12.4. The number of thiocarbonyl (C=S) groups is 1. The Hall–Kier alpha value is -3.97. The number of anilines is 2. The first-order chi connectivity index (χ1) is 19.2. The number of aryl methyl sites for hydroxylation is 3. The van der Waals surface area contributed by atoms with Gasteiger partial charge in [0.1, 0.15) is 0 Å². The second-order valence-electron chi connectivity index (χ2n) is 10.8. The minimum atomic E-state index is -0.135. The average Bonchev–Trinajstić information content (AvgIpc) is 3.44. The lowest BCUT2D eigenvalue weighted by Crippen LogP contribution is -2.29. The third-order valence-corrected chi connectivity index (χ3v) is 8.09. The first-order valence-corrected chi connectivity index (χ1v) is 14.3. The number of aromatic nitrogens is 2. The lowest BCUT2D eigenvalue weighted by atomic mass is 9.96. The molecule has 0 unspecified atom stereocenters. The van der Waals surface area contributed by atoms with E-state index < -0.39 is 0 Å². The maximum atomic E-state index is 12.4. The molecule has 4 aromatic rings. The van der Waals surface area contributed by atoms with Crippen molar-refractivity contribution in [3.05, 3.63) is 107 Å². The molecule has 0 spiro atoms. The summed E-state index contributed by atoms with van der Waals surface area (Å²) in [6.45, 7) is 12.4. The number of pyridine rings is 1. The summed E-state index contributed by atoms with van der Waals surface area (Å²) in [6.07, 6.45) is 2.79. The predicted octanol–water partition coefficient (Wildman–Crippen LogP) is 7.13.